The Morgan fingerprint density at radius 1 is 1.06 bits per heavy atom. The Bertz CT molecular complexity index is 575. The molecule has 0 N–H and O–H groups in total. The Hall–Kier alpha value is -1.25. The van der Waals surface area contributed by atoms with E-state index in [2.05, 4.69) is 28.7 Å². The van der Waals surface area contributed by atoms with Gasteiger partial charge in [0.2, 0.25) is 0 Å². The molecule has 2 nitrogen and oxygen atoms in total. The average molecular weight is 356 g/mol. The molecular weight excluding hydrogens is 349 g/mol. The predicted molar refractivity (Wildman–Crippen MR) is 75.4 cm³/mol. The van der Waals surface area contributed by atoms with Crippen LogP contribution >= 0.6 is 34.2 Å². The Morgan fingerprint density at radius 3 is 2.29 bits per heavy atom. The minimum atomic E-state index is 0.614. The van der Waals surface area contributed by atoms with E-state index < -0.39 is 0 Å². The molecule has 0 radical (unpaired) electrons. The summed E-state index contributed by atoms with van der Waals surface area (Å²) in [6.07, 6.45) is 0. The molecule has 0 saturated heterocycles. The molecule has 0 heterocycles. The average Bonchev–Trinajstić information content (AvgIpc) is 2.35. The highest BCUT2D eigenvalue weighted by Crippen LogP contribution is 2.27. The molecule has 17 heavy (non-hydrogen) atoms. The fraction of sp³-hybridized carbons (Fsp3) is 0. The summed E-state index contributed by atoms with van der Waals surface area (Å²) in [5, 5.41) is 9.38. The quantitative estimate of drug-likeness (QED) is 0.737. The molecule has 0 spiro atoms. The molecule has 0 saturated carbocycles. The van der Waals surface area contributed by atoms with Gasteiger partial charge in [-0.15, -0.1) is 0 Å². The molecule has 0 aromatic heterocycles. The van der Waals surface area contributed by atoms with E-state index in [1.165, 1.54) is 0 Å². The van der Waals surface area contributed by atoms with E-state index in [0.717, 1.165) is 9.32 Å². The highest BCUT2D eigenvalue weighted by Gasteiger charge is 2.01. The second kappa shape index (κ2) is 5.39. The zero-order valence-corrected chi connectivity index (χ0v) is 11.6. The van der Waals surface area contributed by atoms with Gasteiger partial charge < -0.3 is 4.74 Å². The molecular formula is C13H7ClINO. The second-order valence-electron chi connectivity index (χ2n) is 3.31. The fourth-order valence-electron chi connectivity index (χ4n) is 1.27. The Labute approximate surface area is 118 Å². The van der Waals surface area contributed by atoms with Crippen molar-refractivity contribution in [2.75, 3.05) is 0 Å². The van der Waals surface area contributed by atoms with Crippen LogP contribution in [-0.2, 0) is 0 Å². The minimum Gasteiger partial charge on any atom is -0.457 e. The molecule has 4 heteroatoms. The van der Waals surface area contributed by atoms with Crippen LogP contribution in [0.1, 0.15) is 5.56 Å². The van der Waals surface area contributed by atoms with Crippen LogP contribution in [0, 0.1) is 14.9 Å². The van der Waals surface area contributed by atoms with Crippen LogP contribution in [-0.4, -0.2) is 0 Å². The first kappa shape index (κ1) is 12.2. The summed E-state index contributed by atoms with van der Waals surface area (Å²) in [6, 6.07) is 14.5. The highest BCUT2D eigenvalue weighted by atomic mass is 127. The molecule has 84 valence electrons. The molecule has 0 aliphatic rings. The third kappa shape index (κ3) is 3.11. The lowest BCUT2D eigenvalue weighted by molar-refractivity contribution is 0.482. The third-order valence-electron chi connectivity index (χ3n) is 2.11. The van der Waals surface area contributed by atoms with Gasteiger partial charge in [-0.25, -0.2) is 0 Å². The first-order valence-electron chi connectivity index (χ1n) is 4.82. The Kier molecular flexibility index (Phi) is 3.87. The van der Waals surface area contributed by atoms with Crippen LogP contribution in [0.2, 0.25) is 5.02 Å². The number of hydrogen-bond donors (Lipinski definition) is 0. The van der Waals surface area contributed by atoms with Crippen molar-refractivity contribution >= 4 is 34.2 Å². The molecule has 0 unspecified atom stereocenters. The van der Waals surface area contributed by atoms with Crippen molar-refractivity contribution in [2.45, 2.75) is 0 Å². The van der Waals surface area contributed by atoms with Gasteiger partial charge in [-0.1, -0.05) is 11.6 Å². The first-order chi connectivity index (χ1) is 8.19. The van der Waals surface area contributed by atoms with E-state index in [0.29, 0.717) is 16.3 Å². The van der Waals surface area contributed by atoms with Gasteiger partial charge in [-0.05, 0) is 65.1 Å². The van der Waals surface area contributed by atoms with Gasteiger partial charge in [-0.3, -0.25) is 0 Å². The van der Waals surface area contributed by atoms with E-state index in [1.54, 1.807) is 30.3 Å². The monoisotopic (exact) mass is 355 g/mol. The zero-order valence-electron chi connectivity index (χ0n) is 8.65. The lowest BCUT2D eigenvalue weighted by atomic mass is 10.2. The SMILES string of the molecule is N#Cc1ccc(Oc2ccc(Cl)c(I)c2)cc1. The second-order valence-corrected chi connectivity index (χ2v) is 4.88. The van der Waals surface area contributed by atoms with Crippen molar-refractivity contribution in [1.82, 2.24) is 0 Å². The van der Waals surface area contributed by atoms with Gasteiger partial charge in [0.25, 0.3) is 0 Å². The van der Waals surface area contributed by atoms with Gasteiger partial charge in [0.15, 0.2) is 0 Å². The fourth-order valence-corrected chi connectivity index (χ4v) is 1.88. The number of hydrogen-bond acceptors (Lipinski definition) is 2. The Balaban J connectivity index is 2.20. The zero-order chi connectivity index (χ0) is 12.3. The number of benzene rings is 2. The highest BCUT2D eigenvalue weighted by molar-refractivity contribution is 14.1. The van der Waals surface area contributed by atoms with Crippen LogP contribution in [0.3, 0.4) is 0 Å². The first-order valence-corrected chi connectivity index (χ1v) is 6.28. The molecule has 0 fully saturated rings. The normalized spacial score (nSPS) is 9.71. The summed E-state index contributed by atoms with van der Waals surface area (Å²) in [5.74, 6) is 1.42. The third-order valence-corrected chi connectivity index (χ3v) is 3.65. The summed E-state index contributed by atoms with van der Waals surface area (Å²) in [4.78, 5) is 0. The summed E-state index contributed by atoms with van der Waals surface area (Å²) in [6.45, 7) is 0. The van der Waals surface area contributed by atoms with Crippen molar-refractivity contribution in [3.8, 4) is 17.6 Å². The van der Waals surface area contributed by atoms with E-state index >= 15 is 0 Å². The standard InChI is InChI=1S/C13H7ClINO/c14-12-6-5-11(7-13(12)15)17-10-3-1-9(8-16)2-4-10/h1-7H. The van der Waals surface area contributed by atoms with Gasteiger partial charge in [0, 0.05) is 3.57 Å². The number of nitriles is 1. The summed E-state index contributed by atoms with van der Waals surface area (Å²) in [7, 11) is 0. The maximum atomic E-state index is 8.68. The van der Waals surface area contributed by atoms with E-state index in [4.69, 9.17) is 21.6 Å². The molecule has 0 amide bonds. The van der Waals surface area contributed by atoms with Crippen molar-refractivity contribution < 1.29 is 4.74 Å². The minimum absolute atomic E-state index is 0.614. The van der Waals surface area contributed by atoms with Gasteiger partial charge in [-0.2, -0.15) is 5.26 Å². The van der Waals surface area contributed by atoms with Crippen LogP contribution in [0.5, 0.6) is 11.5 Å². The molecule has 0 bridgehead atoms. The number of halogens is 2. The van der Waals surface area contributed by atoms with E-state index in [1.807, 2.05) is 12.1 Å². The molecule has 2 aromatic rings. The molecule has 2 aromatic carbocycles. The van der Waals surface area contributed by atoms with E-state index in [-0.39, 0.29) is 0 Å². The van der Waals surface area contributed by atoms with Crippen molar-refractivity contribution in [2.24, 2.45) is 0 Å². The smallest absolute Gasteiger partial charge is 0.128 e. The summed E-state index contributed by atoms with van der Waals surface area (Å²) >= 11 is 8.07. The van der Waals surface area contributed by atoms with Gasteiger partial charge in [0.1, 0.15) is 11.5 Å². The van der Waals surface area contributed by atoms with E-state index in [9.17, 15) is 0 Å². The Morgan fingerprint density at radius 2 is 1.71 bits per heavy atom. The lowest BCUT2D eigenvalue weighted by Crippen LogP contribution is -1.85. The summed E-state index contributed by atoms with van der Waals surface area (Å²) in [5.41, 5.74) is 0.614. The largest absolute Gasteiger partial charge is 0.457 e. The molecule has 0 aliphatic carbocycles. The molecule has 0 atom stereocenters. The van der Waals surface area contributed by atoms with Crippen LogP contribution in [0.4, 0.5) is 0 Å². The van der Waals surface area contributed by atoms with Crippen molar-refractivity contribution in [1.29, 1.82) is 5.26 Å². The summed E-state index contributed by atoms with van der Waals surface area (Å²) < 4.78 is 6.58. The maximum Gasteiger partial charge on any atom is 0.128 e. The topological polar surface area (TPSA) is 33.0 Å². The van der Waals surface area contributed by atoms with Crippen LogP contribution < -0.4 is 4.74 Å². The van der Waals surface area contributed by atoms with Gasteiger partial charge in [0.05, 0.1) is 16.7 Å². The molecule has 2 rings (SSSR count). The van der Waals surface area contributed by atoms with Crippen molar-refractivity contribution in [3.05, 3.63) is 56.6 Å². The van der Waals surface area contributed by atoms with Crippen LogP contribution in [0.25, 0.3) is 0 Å². The number of nitrogens with zero attached hydrogens (tertiary/aromatic N) is 1. The predicted octanol–water partition coefficient (Wildman–Crippen LogP) is 4.61. The maximum absolute atomic E-state index is 8.68. The van der Waals surface area contributed by atoms with Crippen LogP contribution in [0.15, 0.2) is 42.5 Å². The van der Waals surface area contributed by atoms with Crippen molar-refractivity contribution in [3.63, 3.8) is 0 Å². The lowest BCUT2D eigenvalue weighted by Gasteiger charge is -2.06. The van der Waals surface area contributed by atoms with Gasteiger partial charge >= 0.3 is 0 Å². The molecule has 0 aliphatic heterocycles. The number of rotatable bonds is 2. The number of ether oxygens (including phenoxy) is 1.